The summed E-state index contributed by atoms with van der Waals surface area (Å²) in [5, 5.41) is 0. The lowest BCUT2D eigenvalue weighted by Crippen LogP contribution is -2.50. The van der Waals surface area contributed by atoms with E-state index in [0.717, 1.165) is 35.6 Å². The Morgan fingerprint density at radius 3 is 2.52 bits per heavy atom. The maximum atomic E-state index is 2.81. The van der Waals surface area contributed by atoms with Crippen molar-refractivity contribution in [2.24, 2.45) is 40.4 Å². The van der Waals surface area contributed by atoms with Gasteiger partial charge in [-0.3, -0.25) is 0 Å². The van der Waals surface area contributed by atoms with Crippen LogP contribution >= 0.6 is 0 Å². The summed E-state index contributed by atoms with van der Waals surface area (Å²) in [5.74, 6) is 4.79. The molecule has 0 aromatic heterocycles. The topological polar surface area (TPSA) is 6.48 Å². The van der Waals surface area contributed by atoms with Gasteiger partial charge in [-0.15, -0.1) is 0 Å². The Balaban J connectivity index is 1.26. The van der Waals surface area contributed by atoms with Crippen molar-refractivity contribution in [3.05, 3.63) is 11.6 Å². The van der Waals surface area contributed by atoms with Crippen LogP contribution in [0.2, 0.25) is 0 Å². The van der Waals surface area contributed by atoms with Gasteiger partial charge in [0.2, 0.25) is 0 Å². The van der Waals surface area contributed by atoms with Crippen molar-refractivity contribution in [1.29, 1.82) is 0 Å². The number of hydrogen-bond acceptors (Lipinski definition) is 2. The third kappa shape index (κ3) is 3.76. The molecule has 0 aromatic carbocycles. The summed E-state index contributed by atoms with van der Waals surface area (Å²) in [7, 11) is 4.52. The molecule has 2 heteroatoms. The molecule has 0 aromatic rings. The Labute approximate surface area is 193 Å². The van der Waals surface area contributed by atoms with Crippen molar-refractivity contribution < 1.29 is 0 Å². The highest BCUT2D eigenvalue weighted by atomic mass is 15.2. The second-order valence-corrected chi connectivity index (χ2v) is 13.2. The zero-order chi connectivity index (χ0) is 21.8. The number of nitrogens with zero attached hydrogens (tertiary/aromatic N) is 2. The monoisotopic (exact) mass is 426 g/mol. The molecule has 31 heavy (non-hydrogen) atoms. The molecule has 2 nitrogen and oxygen atoms in total. The fourth-order valence-electron chi connectivity index (χ4n) is 9.83. The van der Waals surface area contributed by atoms with Crippen LogP contribution in [-0.4, -0.2) is 49.6 Å². The van der Waals surface area contributed by atoms with Crippen LogP contribution in [0.5, 0.6) is 0 Å². The summed E-state index contributed by atoms with van der Waals surface area (Å²) in [5.41, 5.74) is 3.04. The van der Waals surface area contributed by atoms with Gasteiger partial charge in [0.15, 0.2) is 0 Å². The van der Waals surface area contributed by atoms with E-state index in [-0.39, 0.29) is 0 Å². The predicted molar refractivity (Wildman–Crippen MR) is 132 cm³/mol. The van der Waals surface area contributed by atoms with Gasteiger partial charge in [-0.05, 0) is 132 Å². The summed E-state index contributed by atoms with van der Waals surface area (Å²) >= 11 is 0. The lowest BCUT2D eigenvalue weighted by molar-refractivity contribution is -0.0521. The summed E-state index contributed by atoms with van der Waals surface area (Å²) in [6.45, 7) is 12.0. The number of hydrogen-bond donors (Lipinski definition) is 0. The first kappa shape index (κ1) is 22.5. The zero-order valence-electron chi connectivity index (χ0n) is 21.3. The molecule has 176 valence electrons. The number of piperidine rings is 1. The molecule has 0 amide bonds. The molecule has 5 aliphatic rings. The smallest absolute Gasteiger partial charge is 0.0113 e. The predicted octanol–water partition coefficient (Wildman–Crippen LogP) is 6.62. The minimum Gasteiger partial charge on any atom is -0.306 e. The normalized spacial score (nSPS) is 45.0. The fourth-order valence-corrected chi connectivity index (χ4v) is 9.83. The molecule has 5 rings (SSSR count). The Kier molecular flexibility index (Phi) is 6.13. The SMILES string of the molecule is C[C@H](CN1CCC(N(C)C)CC1)[C@H]1CC[C@H]2[C@@H]3CC=C4CCCC[C@]4(C)[C@H]3CC[C@]12C. The van der Waals surface area contributed by atoms with Gasteiger partial charge in [-0.2, -0.15) is 0 Å². The van der Waals surface area contributed by atoms with Crippen LogP contribution in [0, 0.1) is 40.4 Å². The number of rotatable bonds is 4. The van der Waals surface area contributed by atoms with Crippen molar-refractivity contribution in [3.8, 4) is 0 Å². The summed E-state index contributed by atoms with van der Waals surface area (Å²) in [6, 6.07) is 0.806. The first-order chi connectivity index (χ1) is 14.8. The molecule has 0 N–H and O–H groups in total. The van der Waals surface area contributed by atoms with Gasteiger partial charge in [0, 0.05) is 12.6 Å². The van der Waals surface area contributed by atoms with E-state index in [4.69, 9.17) is 0 Å². The van der Waals surface area contributed by atoms with E-state index in [1.807, 2.05) is 5.57 Å². The maximum Gasteiger partial charge on any atom is 0.0113 e. The van der Waals surface area contributed by atoms with E-state index in [1.54, 1.807) is 0 Å². The summed E-state index contributed by atoms with van der Waals surface area (Å²) in [4.78, 5) is 5.25. The first-order valence-corrected chi connectivity index (χ1v) is 13.9. The third-order valence-corrected chi connectivity index (χ3v) is 11.6. The lowest BCUT2D eigenvalue weighted by Gasteiger charge is -2.58. The van der Waals surface area contributed by atoms with Gasteiger partial charge in [-0.1, -0.05) is 38.8 Å². The van der Waals surface area contributed by atoms with Crippen molar-refractivity contribution in [2.45, 2.75) is 97.4 Å². The maximum absolute atomic E-state index is 2.81. The van der Waals surface area contributed by atoms with Gasteiger partial charge in [0.25, 0.3) is 0 Å². The molecule has 1 heterocycles. The number of fused-ring (bicyclic) bond motifs is 5. The highest BCUT2D eigenvalue weighted by Crippen LogP contribution is 2.67. The Morgan fingerprint density at radius 1 is 1.00 bits per heavy atom. The van der Waals surface area contributed by atoms with Crippen LogP contribution in [0.1, 0.15) is 91.4 Å². The highest BCUT2D eigenvalue weighted by molar-refractivity contribution is 5.24. The van der Waals surface area contributed by atoms with Crippen LogP contribution in [0.25, 0.3) is 0 Å². The van der Waals surface area contributed by atoms with Crippen molar-refractivity contribution in [1.82, 2.24) is 9.80 Å². The van der Waals surface area contributed by atoms with Crippen LogP contribution in [-0.2, 0) is 0 Å². The van der Waals surface area contributed by atoms with E-state index in [1.165, 1.54) is 90.3 Å². The fraction of sp³-hybridized carbons (Fsp3) is 0.931. The highest BCUT2D eigenvalue weighted by Gasteiger charge is 2.58. The van der Waals surface area contributed by atoms with E-state index < -0.39 is 0 Å². The second-order valence-electron chi connectivity index (χ2n) is 13.2. The minimum absolute atomic E-state index is 0.559. The van der Waals surface area contributed by atoms with Gasteiger partial charge < -0.3 is 9.80 Å². The van der Waals surface area contributed by atoms with E-state index in [0.29, 0.717) is 10.8 Å². The van der Waals surface area contributed by atoms with Gasteiger partial charge in [0.05, 0.1) is 0 Å². The Hall–Kier alpha value is -0.340. The standard InChI is InChI=1S/C29H50N2/c1-21(20-31-18-14-23(15-19-31)30(4)5)25-11-12-26-24-10-9-22-8-6-7-16-28(22,2)27(24)13-17-29(25,26)3/h9,21,23-27H,6-8,10-20H2,1-5H3/t21-,24+,25-,26+,27+,28+,29-/m1/s1. The van der Waals surface area contributed by atoms with Crippen molar-refractivity contribution >= 4 is 0 Å². The second kappa shape index (κ2) is 8.46. The first-order valence-electron chi connectivity index (χ1n) is 13.9. The average molecular weight is 427 g/mol. The zero-order valence-corrected chi connectivity index (χ0v) is 21.3. The molecule has 1 saturated heterocycles. The lowest BCUT2D eigenvalue weighted by atomic mass is 9.47. The van der Waals surface area contributed by atoms with Gasteiger partial charge >= 0.3 is 0 Å². The Morgan fingerprint density at radius 2 is 1.77 bits per heavy atom. The molecule has 7 atom stereocenters. The number of likely N-dealkylation sites (tertiary alicyclic amines) is 1. The van der Waals surface area contributed by atoms with Gasteiger partial charge in [-0.25, -0.2) is 0 Å². The molecule has 1 aliphatic heterocycles. The quantitative estimate of drug-likeness (QED) is 0.466. The molecule has 3 saturated carbocycles. The Bertz CT molecular complexity index is 674. The molecular formula is C29H50N2. The van der Waals surface area contributed by atoms with Crippen molar-refractivity contribution in [3.63, 3.8) is 0 Å². The van der Waals surface area contributed by atoms with Crippen LogP contribution < -0.4 is 0 Å². The average Bonchev–Trinajstić information content (AvgIpc) is 3.11. The van der Waals surface area contributed by atoms with E-state index >= 15 is 0 Å². The van der Waals surface area contributed by atoms with Crippen LogP contribution in [0.15, 0.2) is 11.6 Å². The molecule has 4 aliphatic carbocycles. The molecular weight excluding hydrogens is 376 g/mol. The van der Waals surface area contributed by atoms with Gasteiger partial charge in [0.1, 0.15) is 0 Å². The third-order valence-electron chi connectivity index (χ3n) is 11.6. The van der Waals surface area contributed by atoms with Crippen molar-refractivity contribution in [2.75, 3.05) is 33.7 Å². The molecule has 0 unspecified atom stereocenters. The molecule has 0 bridgehead atoms. The molecule has 0 spiro atoms. The largest absolute Gasteiger partial charge is 0.306 e. The minimum atomic E-state index is 0.559. The summed E-state index contributed by atoms with van der Waals surface area (Å²) < 4.78 is 0. The van der Waals surface area contributed by atoms with Crippen LogP contribution in [0.4, 0.5) is 0 Å². The summed E-state index contributed by atoms with van der Waals surface area (Å²) in [6.07, 6.45) is 18.8. The van der Waals surface area contributed by atoms with E-state index in [2.05, 4.69) is 50.7 Å². The van der Waals surface area contributed by atoms with E-state index in [9.17, 15) is 0 Å². The van der Waals surface area contributed by atoms with Crippen LogP contribution in [0.3, 0.4) is 0 Å². The number of allylic oxidation sites excluding steroid dienone is 2. The molecule has 4 fully saturated rings. The molecule has 0 radical (unpaired) electrons.